The molecule has 0 aliphatic heterocycles. The van der Waals surface area contributed by atoms with Crippen LogP contribution in [0.2, 0.25) is 0 Å². The molecule has 0 radical (unpaired) electrons. The Hall–Kier alpha value is -3.22. The number of para-hydroxylation sites is 1. The fourth-order valence-electron chi connectivity index (χ4n) is 2.06. The molecule has 0 aromatic heterocycles. The van der Waals surface area contributed by atoms with E-state index in [2.05, 4.69) is 10.5 Å². The number of carbonyl (C=O) groups is 1. The first kappa shape index (κ1) is 17.1. The number of benzene rings is 2. The Bertz CT molecular complexity index is 732. The number of nitro benzene ring substituents is 1. The lowest BCUT2D eigenvalue weighted by atomic mass is 10.1. The summed E-state index contributed by atoms with van der Waals surface area (Å²) in [4.78, 5) is 27.1. The van der Waals surface area contributed by atoms with Gasteiger partial charge in [-0.25, -0.2) is 0 Å². The molecule has 7 nitrogen and oxygen atoms in total. The van der Waals surface area contributed by atoms with Gasteiger partial charge in [0.15, 0.2) is 6.61 Å². The topological polar surface area (TPSA) is 93.8 Å². The smallest absolute Gasteiger partial charge is 0.278 e. The number of rotatable bonds is 7. The van der Waals surface area contributed by atoms with Crippen LogP contribution < -0.4 is 5.32 Å². The summed E-state index contributed by atoms with van der Waals surface area (Å²) in [5.74, 6) is -0.328. The van der Waals surface area contributed by atoms with E-state index in [0.29, 0.717) is 5.56 Å². The van der Waals surface area contributed by atoms with E-state index in [-0.39, 0.29) is 24.2 Å². The van der Waals surface area contributed by atoms with Gasteiger partial charge in [0, 0.05) is 6.07 Å². The van der Waals surface area contributed by atoms with Crippen molar-refractivity contribution in [1.29, 1.82) is 0 Å². The molecule has 1 atom stereocenters. The summed E-state index contributed by atoms with van der Waals surface area (Å²) in [6.45, 7) is 1.60. The number of oxime groups is 1. The Kier molecular flexibility index (Phi) is 6.01. The molecular formula is C17H17N3O4. The molecule has 124 valence electrons. The van der Waals surface area contributed by atoms with Crippen molar-refractivity contribution in [3.8, 4) is 0 Å². The zero-order chi connectivity index (χ0) is 17.4. The molecular weight excluding hydrogens is 310 g/mol. The first-order valence-electron chi connectivity index (χ1n) is 7.31. The quantitative estimate of drug-likeness (QED) is 0.480. The summed E-state index contributed by atoms with van der Waals surface area (Å²) in [5, 5.41) is 17.3. The first-order chi connectivity index (χ1) is 11.6. The average molecular weight is 327 g/mol. The number of nitrogens with one attached hydrogen (secondary N) is 1. The van der Waals surface area contributed by atoms with Crippen molar-refractivity contribution in [2.45, 2.75) is 13.0 Å². The van der Waals surface area contributed by atoms with Crippen molar-refractivity contribution in [2.75, 3.05) is 6.61 Å². The molecule has 0 aliphatic carbocycles. The lowest BCUT2D eigenvalue weighted by Crippen LogP contribution is -2.29. The molecule has 1 unspecified atom stereocenters. The standard InChI is InChI=1S/C17H17N3O4/c1-13(14-7-3-2-4-8-14)19-17(21)12-24-18-11-15-9-5-6-10-16(15)20(22)23/h2-11,13H,12H2,1H3,(H,19,21)/b18-11+. The number of carbonyl (C=O) groups excluding carboxylic acids is 1. The highest BCUT2D eigenvalue weighted by Gasteiger charge is 2.11. The van der Waals surface area contributed by atoms with E-state index in [9.17, 15) is 14.9 Å². The molecule has 1 N–H and O–H groups in total. The number of hydrogen-bond donors (Lipinski definition) is 1. The predicted octanol–water partition coefficient (Wildman–Crippen LogP) is 2.82. The normalized spacial score (nSPS) is 11.9. The van der Waals surface area contributed by atoms with Crippen LogP contribution in [-0.4, -0.2) is 23.7 Å². The Balaban J connectivity index is 1.84. The maximum absolute atomic E-state index is 11.8. The van der Waals surface area contributed by atoms with Gasteiger partial charge in [0.25, 0.3) is 11.6 Å². The highest BCUT2D eigenvalue weighted by Crippen LogP contribution is 2.15. The summed E-state index contributed by atoms with van der Waals surface area (Å²) in [6, 6.07) is 15.5. The minimum Gasteiger partial charge on any atom is -0.386 e. The summed E-state index contributed by atoms with van der Waals surface area (Å²) >= 11 is 0. The third-order valence-corrected chi connectivity index (χ3v) is 3.27. The zero-order valence-corrected chi connectivity index (χ0v) is 13.1. The van der Waals surface area contributed by atoms with Gasteiger partial charge in [0.05, 0.1) is 22.7 Å². The van der Waals surface area contributed by atoms with Crippen molar-refractivity contribution in [1.82, 2.24) is 5.32 Å². The fraction of sp³-hybridized carbons (Fsp3) is 0.176. The molecule has 2 rings (SSSR count). The lowest BCUT2D eigenvalue weighted by Gasteiger charge is -2.13. The molecule has 0 heterocycles. The zero-order valence-electron chi connectivity index (χ0n) is 13.1. The Morgan fingerprint density at radius 1 is 1.25 bits per heavy atom. The van der Waals surface area contributed by atoms with Crippen LogP contribution in [0, 0.1) is 10.1 Å². The molecule has 0 bridgehead atoms. The number of nitrogens with zero attached hydrogens (tertiary/aromatic N) is 2. The minimum atomic E-state index is -0.504. The van der Waals surface area contributed by atoms with Crippen LogP contribution in [0.5, 0.6) is 0 Å². The van der Waals surface area contributed by atoms with Crippen LogP contribution in [0.4, 0.5) is 5.69 Å². The van der Waals surface area contributed by atoms with E-state index < -0.39 is 4.92 Å². The third kappa shape index (κ3) is 4.91. The van der Waals surface area contributed by atoms with Crippen molar-refractivity contribution < 1.29 is 14.6 Å². The van der Waals surface area contributed by atoms with Gasteiger partial charge < -0.3 is 10.2 Å². The predicted molar refractivity (Wildman–Crippen MR) is 89.6 cm³/mol. The average Bonchev–Trinajstić information content (AvgIpc) is 2.59. The maximum atomic E-state index is 11.8. The van der Waals surface area contributed by atoms with E-state index in [1.165, 1.54) is 12.3 Å². The van der Waals surface area contributed by atoms with E-state index in [0.717, 1.165) is 5.56 Å². The number of amides is 1. The van der Waals surface area contributed by atoms with Gasteiger partial charge in [-0.3, -0.25) is 14.9 Å². The SMILES string of the molecule is CC(NC(=O)CO/N=C/c1ccccc1[N+](=O)[O-])c1ccccc1. The van der Waals surface area contributed by atoms with Crippen molar-refractivity contribution in [3.05, 3.63) is 75.8 Å². The summed E-state index contributed by atoms with van der Waals surface area (Å²) in [5.41, 5.74) is 1.21. The van der Waals surface area contributed by atoms with E-state index >= 15 is 0 Å². The Labute approximate surface area is 139 Å². The van der Waals surface area contributed by atoms with Crippen LogP contribution in [0.15, 0.2) is 59.8 Å². The van der Waals surface area contributed by atoms with Crippen LogP contribution >= 0.6 is 0 Å². The second kappa shape index (κ2) is 8.42. The van der Waals surface area contributed by atoms with Crippen LogP contribution in [0.25, 0.3) is 0 Å². The van der Waals surface area contributed by atoms with Crippen LogP contribution in [0.3, 0.4) is 0 Å². The summed E-state index contributed by atoms with van der Waals surface area (Å²) < 4.78 is 0. The molecule has 0 aliphatic rings. The summed E-state index contributed by atoms with van der Waals surface area (Å²) in [6.07, 6.45) is 1.21. The molecule has 1 amide bonds. The summed E-state index contributed by atoms with van der Waals surface area (Å²) in [7, 11) is 0. The second-order valence-corrected chi connectivity index (χ2v) is 5.02. The van der Waals surface area contributed by atoms with Crippen molar-refractivity contribution in [3.63, 3.8) is 0 Å². The molecule has 0 fully saturated rings. The van der Waals surface area contributed by atoms with Gasteiger partial charge >= 0.3 is 0 Å². The van der Waals surface area contributed by atoms with Crippen LogP contribution in [-0.2, 0) is 9.63 Å². The third-order valence-electron chi connectivity index (χ3n) is 3.27. The molecule has 24 heavy (non-hydrogen) atoms. The van der Waals surface area contributed by atoms with Gasteiger partial charge in [-0.15, -0.1) is 0 Å². The van der Waals surface area contributed by atoms with Gasteiger partial charge in [-0.05, 0) is 18.6 Å². The highest BCUT2D eigenvalue weighted by atomic mass is 16.6. The lowest BCUT2D eigenvalue weighted by molar-refractivity contribution is -0.385. The van der Waals surface area contributed by atoms with Gasteiger partial charge in [-0.1, -0.05) is 47.6 Å². The van der Waals surface area contributed by atoms with Gasteiger partial charge in [0.2, 0.25) is 0 Å². The van der Waals surface area contributed by atoms with Gasteiger partial charge in [0.1, 0.15) is 0 Å². The van der Waals surface area contributed by atoms with E-state index in [1.54, 1.807) is 18.2 Å². The van der Waals surface area contributed by atoms with E-state index in [1.807, 2.05) is 37.3 Å². The first-order valence-corrected chi connectivity index (χ1v) is 7.31. The van der Waals surface area contributed by atoms with E-state index in [4.69, 9.17) is 4.84 Å². The fourth-order valence-corrected chi connectivity index (χ4v) is 2.06. The molecule has 2 aromatic rings. The second-order valence-electron chi connectivity index (χ2n) is 5.02. The number of nitro groups is 1. The van der Waals surface area contributed by atoms with Crippen molar-refractivity contribution in [2.24, 2.45) is 5.16 Å². The number of hydrogen-bond acceptors (Lipinski definition) is 5. The molecule has 2 aromatic carbocycles. The van der Waals surface area contributed by atoms with Gasteiger partial charge in [-0.2, -0.15) is 0 Å². The monoisotopic (exact) mass is 327 g/mol. The maximum Gasteiger partial charge on any atom is 0.278 e. The van der Waals surface area contributed by atoms with Crippen molar-refractivity contribution >= 4 is 17.8 Å². The minimum absolute atomic E-state index is 0.0769. The molecule has 0 saturated carbocycles. The largest absolute Gasteiger partial charge is 0.386 e. The van der Waals surface area contributed by atoms with Crippen LogP contribution in [0.1, 0.15) is 24.1 Å². The molecule has 0 saturated heterocycles. The highest BCUT2D eigenvalue weighted by molar-refractivity contribution is 5.85. The molecule has 0 spiro atoms. The molecule has 7 heteroatoms. The Morgan fingerprint density at radius 3 is 2.62 bits per heavy atom. The Morgan fingerprint density at radius 2 is 1.92 bits per heavy atom.